The van der Waals surface area contributed by atoms with Gasteiger partial charge in [0.2, 0.25) is 0 Å². The number of unbranched alkanes of at least 4 members (excludes halogenated alkanes) is 12. The molecule has 0 bridgehead atoms. The van der Waals surface area contributed by atoms with E-state index in [9.17, 15) is 0 Å². The second-order valence-electron chi connectivity index (χ2n) is 10.9. The zero-order valence-electron chi connectivity index (χ0n) is 24.8. The summed E-state index contributed by atoms with van der Waals surface area (Å²) in [6.07, 6.45) is 20.4. The minimum absolute atomic E-state index is 0.141. The Bertz CT molecular complexity index is 975. The molecule has 1 atom stereocenters. The van der Waals surface area contributed by atoms with Crippen molar-refractivity contribution in [3.05, 3.63) is 90.0 Å². The third kappa shape index (κ3) is 12.4. The first-order valence-electron chi connectivity index (χ1n) is 15.5. The molecule has 0 N–H and O–H groups in total. The molecule has 0 aliphatic rings. The molecule has 1 unspecified atom stereocenters. The van der Waals surface area contributed by atoms with Crippen molar-refractivity contribution < 1.29 is 9.47 Å². The summed E-state index contributed by atoms with van der Waals surface area (Å²) in [7, 11) is 3.46. The Balaban J connectivity index is 1.20. The van der Waals surface area contributed by atoms with Gasteiger partial charge in [0.05, 0.1) is 14.2 Å². The van der Waals surface area contributed by atoms with Crippen LogP contribution in [0.1, 0.15) is 107 Å². The Morgan fingerprint density at radius 2 is 0.925 bits per heavy atom. The molecule has 0 fully saturated rings. The molecule has 2 nitrogen and oxygen atoms in total. The lowest BCUT2D eigenvalue weighted by atomic mass is 9.86. The molecule has 0 amide bonds. The lowest BCUT2D eigenvalue weighted by molar-refractivity contribution is 0.414. The summed E-state index contributed by atoms with van der Waals surface area (Å²) in [5, 5.41) is 1.48. The molecule has 0 spiro atoms. The van der Waals surface area contributed by atoms with Gasteiger partial charge in [-0.05, 0) is 66.3 Å². The van der Waals surface area contributed by atoms with Crippen molar-refractivity contribution in [3.63, 3.8) is 0 Å². The van der Waals surface area contributed by atoms with Crippen LogP contribution in [0.4, 0.5) is 0 Å². The Hall–Kier alpha value is -1.83. The van der Waals surface area contributed by atoms with E-state index in [1.165, 1.54) is 112 Å². The number of methoxy groups -OCH3 is 2. The monoisotopic (exact) mass is 624 g/mol. The van der Waals surface area contributed by atoms with Crippen molar-refractivity contribution in [2.45, 2.75) is 95.8 Å². The fourth-order valence-corrected chi connectivity index (χ4v) is 8.18. The van der Waals surface area contributed by atoms with Crippen molar-refractivity contribution in [3.8, 4) is 11.5 Å². The van der Waals surface area contributed by atoms with Crippen LogP contribution in [0.15, 0.2) is 78.9 Å². The number of benzene rings is 3. The van der Waals surface area contributed by atoms with Gasteiger partial charge < -0.3 is 9.47 Å². The predicted molar refractivity (Wildman–Crippen MR) is 179 cm³/mol. The zero-order chi connectivity index (χ0) is 28.3. The topological polar surface area (TPSA) is 18.5 Å². The van der Waals surface area contributed by atoms with E-state index in [0.717, 1.165) is 11.5 Å². The zero-order valence-corrected chi connectivity index (χ0v) is 27.3. The lowest BCUT2D eigenvalue weighted by Gasteiger charge is -2.19. The van der Waals surface area contributed by atoms with E-state index in [1.807, 2.05) is 0 Å². The molecule has 0 saturated heterocycles. The van der Waals surface area contributed by atoms with Crippen molar-refractivity contribution >= 4 is 27.4 Å². The van der Waals surface area contributed by atoms with Crippen molar-refractivity contribution in [1.29, 1.82) is 0 Å². The number of hydrogen-bond acceptors (Lipinski definition) is 2. The number of halogens is 1. The molecule has 0 aliphatic carbocycles. The maximum absolute atomic E-state index is 5.37. The van der Waals surface area contributed by atoms with Crippen LogP contribution in [-0.4, -0.2) is 20.4 Å². The SMILES string of the molecule is COc1ccc(C(CCCCCCCCCCCCCCCP(Br)c2ccccc2)c2ccc(OC)cc2)cc1. The molecule has 0 radical (unpaired) electrons. The highest BCUT2D eigenvalue weighted by molar-refractivity contribution is 9.40. The van der Waals surface area contributed by atoms with E-state index < -0.39 is 0 Å². The quantitative estimate of drug-likeness (QED) is 0.0866. The van der Waals surface area contributed by atoms with E-state index in [-0.39, 0.29) is 6.62 Å². The first-order valence-corrected chi connectivity index (χ1v) is 19.0. The van der Waals surface area contributed by atoms with Crippen LogP contribution in [0.2, 0.25) is 0 Å². The van der Waals surface area contributed by atoms with E-state index >= 15 is 0 Å². The predicted octanol–water partition coefficient (Wildman–Crippen LogP) is 11.4. The maximum Gasteiger partial charge on any atom is 0.118 e. The van der Waals surface area contributed by atoms with Gasteiger partial charge in [-0.1, -0.05) is 147 Å². The molecule has 218 valence electrons. The van der Waals surface area contributed by atoms with Gasteiger partial charge in [-0.25, -0.2) is 0 Å². The van der Waals surface area contributed by atoms with Crippen molar-refractivity contribution in [1.82, 2.24) is 0 Å². The fraction of sp³-hybridized carbons (Fsp3) is 0.500. The van der Waals surface area contributed by atoms with Gasteiger partial charge in [-0.2, -0.15) is 0 Å². The Labute approximate surface area is 253 Å². The normalized spacial score (nSPS) is 12.0. The van der Waals surface area contributed by atoms with Gasteiger partial charge in [-0.15, -0.1) is 0 Å². The molecule has 3 aromatic carbocycles. The highest BCUT2D eigenvalue weighted by Crippen LogP contribution is 2.43. The van der Waals surface area contributed by atoms with Crippen LogP contribution in [-0.2, 0) is 0 Å². The third-order valence-electron chi connectivity index (χ3n) is 7.92. The number of hydrogen-bond donors (Lipinski definition) is 0. The van der Waals surface area contributed by atoms with Gasteiger partial charge in [0.15, 0.2) is 0 Å². The summed E-state index contributed by atoms with van der Waals surface area (Å²) >= 11 is 3.92. The first-order chi connectivity index (χ1) is 19.7. The van der Waals surface area contributed by atoms with Gasteiger partial charge >= 0.3 is 0 Å². The Morgan fingerprint density at radius 3 is 1.35 bits per heavy atom. The van der Waals surface area contributed by atoms with Crippen molar-refractivity contribution in [2.24, 2.45) is 0 Å². The highest BCUT2D eigenvalue weighted by atomic mass is 79.9. The minimum Gasteiger partial charge on any atom is -0.497 e. The molecule has 0 aromatic heterocycles. The average Bonchev–Trinajstić information content (AvgIpc) is 3.01. The fourth-order valence-electron chi connectivity index (χ4n) is 5.46. The minimum atomic E-state index is -0.141. The molecule has 4 heteroatoms. The van der Waals surface area contributed by atoms with Gasteiger partial charge in [0.1, 0.15) is 11.5 Å². The van der Waals surface area contributed by atoms with Gasteiger partial charge in [-0.3, -0.25) is 0 Å². The smallest absolute Gasteiger partial charge is 0.118 e. The van der Waals surface area contributed by atoms with E-state index in [4.69, 9.17) is 9.47 Å². The highest BCUT2D eigenvalue weighted by Gasteiger charge is 2.14. The second kappa shape index (κ2) is 20.1. The van der Waals surface area contributed by atoms with Crippen LogP contribution >= 0.6 is 22.1 Å². The molecular formula is C36H50BrO2P. The second-order valence-corrected chi connectivity index (χ2v) is 15.2. The molecule has 3 aromatic rings. The first kappa shape index (κ1) is 32.7. The molecule has 0 aliphatic heterocycles. The van der Waals surface area contributed by atoms with Gasteiger partial charge in [0, 0.05) is 5.92 Å². The van der Waals surface area contributed by atoms with Gasteiger partial charge in [0.25, 0.3) is 0 Å². The summed E-state index contributed by atoms with van der Waals surface area (Å²) in [6.45, 7) is -0.141. The molecular weight excluding hydrogens is 575 g/mol. The molecule has 40 heavy (non-hydrogen) atoms. The average molecular weight is 626 g/mol. The van der Waals surface area contributed by atoms with Crippen LogP contribution < -0.4 is 14.8 Å². The van der Waals surface area contributed by atoms with E-state index in [1.54, 1.807) is 14.2 Å². The number of rotatable bonds is 21. The van der Waals surface area contributed by atoms with Crippen molar-refractivity contribution in [2.75, 3.05) is 20.4 Å². The summed E-state index contributed by atoms with van der Waals surface area (Å²) < 4.78 is 10.7. The third-order valence-corrected chi connectivity index (χ3v) is 11.8. The summed E-state index contributed by atoms with van der Waals surface area (Å²) in [4.78, 5) is 0. The summed E-state index contributed by atoms with van der Waals surface area (Å²) in [5.74, 6) is 2.25. The van der Waals surface area contributed by atoms with Crippen LogP contribution in [0.3, 0.4) is 0 Å². The van der Waals surface area contributed by atoms with Crippen LogP contribution in [0.5, 0.6) is 11.5 Å². The standard InChI is InChI=1S/C36H50BrO2P/c1-38-33-26-22-31(23-27-33)36(32-24-28-34(39-2)29-25-32)21-17-12-10-8-6-4-3-5-7-9-11-13-18-30-40(37)35-19-15-14-16-20-35/h14-16,19-20,22-29,36H,3-13,17-18,21,30H2,1-2H3. The molecule has 0 saturated carbocycles. The van der Waals surface area contributed by atoms with Crippen LogP contribution in [0, 0.1) is 0 Å². The molecule has 3 rings (SSSR count). The summed E-state index contributed by atoms with van der Waals surface area (Å²) in [6, 6.07) is 28.1. The summed E-state index contributed by atoms with van der Waals surface area (Å²) in [5.41, 5.74) is 2.73. The molecule has 0 heterocycles. The lowest BCUT2D eigenvalue weighted by Crippen LogP contribution is -2.02. The largest absolute Gasteiger partial charge is 0.497 e. The Morgan fingerprint density at radius 1 is 0.525 bits per heavy atom. The van der Waals surface area contributed by atoms with E-state index in [2.05, 4.69) is 94.4 Å². The maximum atomic E-state index is 5.37. The number of ether oxygens (including phenoxy) is 2. The Kier molecular flexibility index (Phi) is 16.4. The van der Waals surface area contributed by atoms with Crippen LogP contribution in [0.25, 0.3) is 0 Å². The van der Waals surface area contributed by atoms with E-state index in [0.29, 0.717) is 5.92 Å².